The van der Waals surface area contributed by atoms with E-state index in [1.54, 1.807) is 0 Å². The molecule has 0 aliphatic heterocycles. The molecule has 0 aromatic rings. The van der Waals surface area contributed by atoms with E-state index in [2.05, 4.69) is 5.32 Å². The zero-order valence-electron chi connectivity index (χ0n) is 10.1. The molecule has 0 bridgehead atoms. The van der Waals surface area contributed by atoms with E-state index < -0.39 is 0 Å². The average Bonchev–Trinajstić information content (AvgIpc) is 2.75. The van der Waals surface area contributed by atoms with Crippen molar-refractivity contribution in [3.8, 4) is 0 Å². The first-order chi connectivity index (χ1) is 7.43. The summed E-state index contributed by atoms with van der Waals surface area (Å²) in [4.78, 5) is 0. The zero-order valence-corrected chi connectivity index (χ0v) is 10.1. The Morgan fingerprint density at radius 1 is 0.933 bits per heavy atom. The molecule has 0 atom stereocenters. The van der Waals surface area contributed by atoms with Crippen LogP contribution in [-0.4, -0.2) is 19.6 Å². The molecular weight excluding hydrogens is 184 g/mol. The van der Waals surface area contributed by atoms with Crippen LogP contribution in [-0.2, 0) is 0 Å². The summed E-state index contributed by atoms with van der Waals surface area (Å²) in [6.07, 6.45) is 12.6. The Balaban J connectivity index is 1.73. The molecule has 0 aromatic carbocycles. The fourth-order valence-electron chi connectivity index (χ4n) is 2.50. The fourth-order valence-corrected chi connectivity index (χ4v) is 2.50. The number of nitrogens with two attached hydrogens (primary N) is 1. The third-order valence-corrected chi connectivity index (χ3v) is 3.50. The molecule has 0 heterocycles. The van der Waals surface area contributed by atoms with E-state index in [1.807, 2.05) is 0 Å². The highest BCUT2D eigenvalue weighted by atomic mass is 14.8. The summed E-state index contributed by atoms with van der Waals surface area (Å²) in [7, 11) is 0. The summed E-state index contributed by atoms with van der Waals surface area (Å²) in [6, 6.07) is 0. The van der Waals surface area contributed by atoms with Gasteiger partial charge in [-0.3, -0.25) is 0 Å². The average molecular weight is 212 g/mol. The third kappa shape index (κ3) is 6.91. The molecule has 0 saturated heterocycles. The summed E-state index contributed by atoms with van der Waals surface area (Å²) >= 11 is 0. The standard InChI is InChI=1S/C13H28N2/c14-10-4-6-12-15-11-5-3-9-13-7-1-2-8-13/h13,15H,1-12,14H2. The Morgan fingerprint density at radius 2 is 1.60 bits per heavy atom. The van der Waals surface area contributed by atoms with E-state index in [-0.39, 0.29) is 0 Å². The van der Waals surface area contributed by atoms with Crippen molar-refractivity contribution in [2.45, 2.75) is 57.8 Å². The first-order valence-corrected chi connectivity index (χ1v) is 6.84. The van der Waals surface area contributed by atoms with Gasteiger partial charge in [0.05, 0.1) is 0 Å². The third-order valence-electron chi connectivity index (χ3n) is 3.50. The molecule has 15 heavy (non-hydrogen) atoms. The van der Waals surface area contributed by atoms with Crippen LogP contribution in [0.2, 0.25) is 0 Å². The Kier molecular flexibility index (Phi) is 7.94. The first kappa shape index (κ1) is 13.0. The van der Waals surface area contributed by atoms with Crippen molar-refractivity contribution in [2.24, 2.45) is 11.7 Å². The van der Waals surface area contributed by atoms with Gasteiger partial charge in [0.15, 0.2) is 0 Å². The van der Waals surface area contributed by atoms with Crippen molar-refractivity contribution in [3.63, 3.8) is 0 Å². The van der Waals surface area contributed by atoms with Crippen molar-refractivity contribution >= 4 is 0 Å². The summed E-state index contributed by atoms with van der Waals surface area (Å²) in [5.74, 6) is 1.07. The van der Waals surface area contributed by atoms with Gasteiger partial charge in [0.1, 0.15) is 0 Å². The van der Waals surface area contributed by atoms with Gasteiger partial charge in [-0.05, 0) is 44.8 Å². The Bertz CT molecular complexity index is 130. The lowest BCUT2D eigenvalue weighted by atomic mass is 10.0. The second-order valence-electron chi connectivity index (χ2n) is 4.89. The summed E-state index contributed by atoms with van der Waals surface area (Å²) < 4.78 is 0. The maximum absolute atomic E-state index is 5.43. The number of nitrogens with one attached hydrogen (secondary N) is 1. The van der Waals surface area contributed by atoms with Crippen molar-refractivity contribution in [1.82, 2.24) is 5.32 Å². The lowest BCUT2D eigenvalue weighted by molar-refractivity contribution is 0.465. The molecule has 1 aliphatic carbocycles. The van der Waals surface area contributed by atoms with Crippen LogP contribution in [0.4, 0.5) is 0 Å². The maximum Gasteiger partial charge on any atom is -0.00484 e. The maximum atomic E-state index is 5.43. The Hall–Kier alpha value is -0.0800. The lowest BCUT2D eigenvalue weighted by Gasteiger charge is -2.08. The summed E-state index contributed by atoms with van der Waals surface area (Å²) in [6.45, 7) is 3.20. The highest BCUT2D eigenvalue weighted by Crippen LogP contribution is 2.28. The van der Waals surface area contributed by atoms with Gasteiger partial charge in [-0.2, -0.15) is 0 Å². The van der Waals surface area contributed by atoms with Crippen LogP contribution in [0.3, 0.4) is 0 Å². The van der Waals surface area contributed by atoms with Crippen LogP contribution in [0.5, 0.6) is 0 Å². The minimum Gasteiger partial charge on any atom is -0.330 e. The molecule has 2 heteroatoms. The highest BCUT2D eigenvalue weighted by molar-refractivity contribution is 4.67. The number of rotatable bonds is 9. The van der Waals surface area contributed by atoms with Gasteiger partial charge in [-0.1, -0.05) is 38.5 Å². The van der Waals surface area contributed by atoms with E-state index in [9.17, 15) is 0 Å². The van der Waals surface area contributed by atoms with Gasteiger partial charge >= 0.3 is 0 Å². The monoisotopic (exact) mass is 212 g/mol. The molecule has 1 saturated carbocycles. The van der Waals surface area contributed by atoms with E-state index in [0.29, 0.717) is 0 Å². The molecule has 0 unspecified atom stereocenters. The van der Waals surface area contributed by atoms with Gasteiger partial charge in [-0.25, -0.2) is 0 Å². The van der Waals surface area contributed by atoms with E-state index >= 15 is 0 Å². The molecular formula is C13H28N2. The van der Waals surface area contributed by atoms with Gasteiger partial charge in [-0.15, -0.1) is 0 Å². The molecule has 2 nitrogen and oxygen atoms in total. The van der Waals surface area contributed by atoms with Crippen LogP contribution in [0, 0.1) is 5.92 Å². The smallest absolute Gasteiger partial charge is 0.00484 e. The van der Waals surface area contributed by atoms with Gasteiger partial charge in [0, 0.05) is 0 Å². The molecule has 90 valence electrons. The SMILES string of the molecule is NCCCCNCCCCC1CCCC1. The largest absolute Gasteiger partial charge is 0.330 e. The minimum atomic E-state index is 0.837. The second kappa shape index (κ2) is 9.17. The molecule has 1 fully saturated rings. The number of hydrogen-bond acceptors (Lipinski definition) is 2. The van der Waals surface area contributed by atoms with Crippen molar-refractivity contribution in [1.29, 1.82) is 0 Å². The van der Waals surface area contributed by atoms with E-state index in [4.69, 9.17) is 5.73 Å². The molecule has 0 radical (unpaired) electrons. The Labute approximate surface area is 95.0 Å². The second-order valence-corrected chi connectivity index (χ2v) is 4.89. The van der Waals surface area contributed by atoms with Crippen LogP contribution >= 0.6 is 0 Å². The van der Waals surface area contributed by atoms with Crippen LogP contribution < -0.4 is 11.1 Å². The zero-order chi connectivity index (χ0) is 10.8. The number of unbranched alkanes of at least 4 members (excludes halogenated alkanes) is 2. The van der Waals surface area contributed by atoms with Crippen molar-refractivity contribution < 1.29 is 0 Å². The fraction of sp³-hybridized carbons (Fsp3) is 1.00. The van der Waals surface area contributed by atoms with Gasteiger partial charge in [0.2, 0.25) is 0 Å². The van der Waals surface area contributed by atoms with Gasteiger partial charge < -0.3 is 11.1 Å². The quantitative estimate of drug-likeness (QED) is 0.577. The van der Waals surface area contributed by atoms with Crippen LogP contribution in [0.15, 0.2) is 0 Å². The molecule has 0 spiro atoms. The first-order valence-electron chi connectivity index (χ1n) is 6.84. The summed E-state index contributed by atoms with van der Waals surface area (Å²) in [5, 5.41) is 3.49. The topological polar surface area (TPSA) is 38.0 Å². The lowest BCUT2D eigenvalue weighted by Crippen LogP contribution is -2.17. The normalized spacial score (nSPS) is 17.4. The van der Waals surface area contributed by atoms with Gasteiger partial charge in [0.25, 0.3) is 0 Å². The van der Waals surface area contributed by atoms with E-state index in [0.717, 1.165) is 25.4 Å². The summed E-state index contributed by atoms with van der Waals surface area (Å²) in [5.41, 5.74) is 5.43. The highest BCUT2D eigenvalue weighted by Gasteiger charge is 2.13. The predicted molar refractivity (Wildman–Crippen MR) is 67.0 cm³/mol. The van der Waals surface area contributed by atoms with E-state index in [1.165, 1.54) is 57.9 Å². The molecule has 3 N–H and O–H groups in total. The number of hydrogen-bond donors (Lipinski definition) is 2. The molecule has 0 amide bonds. The van der Waals surface area contributed by atoms with Crippen LogP contribution in [0.1, 0.15) is 57.8 Å². The molecule has 1 rings (SSSR count). The van der Waals surface area contributed by atoms with Crippen LogP contribution in [0.25, 0.3) is 0 Å². The minimum absolute atomic E-state index is 0.837. The van der Waals surface area contributed by atoms with Crippen molar-refractivity contribution in [3.05, 3.63) is 0 Å². The Morgan fingerprint density at radius 3 is 2.27 bits per heavy atom. The predicted octanol–water partition coefficient (Wildman–Crippen LogP) is 2.68. The molecule has 1 aliphatic rings. The molecule has 0 aromatic heterocycles. The van der Waals surface area contributed by atoms with Crippen molar-refractivity contribution in [2.75, 3.05) is 19.6 Å².